The van der Waals surface area contributed by atoms with Crippen LogP contribution in [0.1, 0.15) is 40.6 Å². The fourth-order valence-electron chi connectivity index (χ4n) is 4.77. The lowest BCUT2D eigenvalue weighted by Gasteiger charge is -2.38. The molecule has 0 aliphatic carbocycles. The summed E-state index contributed by atoms with van der Waals surface area (Å²) >= 11 is 1.72. The molecule has 1 atom stereocenters. The quantitative estimate of drug-likeness (QED) is 0.341. The van der Waals surface area contributed by atoms with Crippen molar-refractivity contribution in [1.29, 1.82) is 0 Å². The number of methoxy groups -OCH3 is 2. The molecule has 0 saturated carbocycles. The number of amides is 1. The number of hydrogen-bond acceptors (Lipinski definition) is 5. The third kappa shape index (κ3) is 4.38. The summed E-state index contributed by atoms with van der Waals surface area (Å²) in [7, 11) is 3.30. The molecule has 4 aromatic rings. The fraction of sp³-hybridized carbons (Fsp3) is 0.286. The predicted molar refractivity (Wildman–Crippen MR) is 136 cm³/mol. The Morgan fingerprint density at radius 1 is 1.03 bits per heavy atom. The van der Waals surface area contributed by atoms with E-state index in [9.17, 15) is 4.79 Å². The van der Waals surface area contributed by atoms with Crippen LogP contribution in [0.5, 0.6) is 11.5 Å². The van der Waals surface area contributed by atoms with E-state index < -0.39 is 0 Å². The molecule has 0 spiro atoms. The smallest absolute Gasteiger partial charge is 0.223 e. The molecule has 0 radical (unpaired) electrons. The van der Waals surface area contributed by atoms with E-state index in [-0.39, 0.29) is 11.9 Å². The van der Waals surface area contributed by atoms with Gasteiger partial charge in [0, 0.05) is 13.0 Å². The van der Waals surface area contributed by atoms with Gasteiger partial charge in [0.1, 0.15) is 0 Å². The Bertz CT molecular complexity index is 1270. The van der Waals surface area contributed by atoms with E-state index in [0.29, 0.717) is 18.7 Å². The molecule has 174 valence electrons. The lowest BCUT2D eigenvalue weighted by Crippen LogP contribution is -2.40. The minimum atomic E-state index is -0.139. The zero-order valence-electron chi connectivity index (χ0n) is 19.5. The Morgan fingerprint density at radius 2 is 1.76 bits per heavy atom. The summed E-state index contributed by atoms with van der Waals surface area (Å²) < 4.78 is 12.3. The number of hydrogen-bond donors (Lipinski definition) is 0. The molecule has 1 aromatic heterocycles. The van der Waals surface area contributed by atoms with Gasteiger partial charge in [-0.3, -0.25) is 4.79 Å². The van der Waals surface area contributed by atoms with Crippen LogP contribution in [-0.4, -0.2) is 36.6 Å². The lowest BCUT2D eigenvalue weighted by molar-refractivity contribution is -0.133. The second kappa shape index (κ2) is 9.85. The summed E-state index contributed by atoms with van der Waals surface area (Å²) in [5.41, 5.74) is 4.45. The van der Waals surface area contributed by atoms with Gasteiger partial charge in [-0.05, 0) is 60.2 Å². The standard InChI is InChI=1S/C28H28N2O3S/c1-32-23-17-20-15-16-30(28(19-9-4-3-5-10-19)21(20)18-24(23)33-2)27(31)14-8-13-26-29-22-11-6-7-12-25(22)34-26/h3-7,9-12,17-18,28H,8,13-16H2,1-2H3. The van der Waals surface area contributed by atoms with E-state index in [2.05, 4.69) is 24.3 Å². The molecule has 34 heavy (non-hydrogen) atoms. The Kier molecular flexibility index (Phi) is 6.50. The summed E-state index contributed by atoms with van der Waals surface area (Å²) in [6, 6.07) is 22.4. The zero-order valence-corrected chi connectivity index (χ0v) is 20.3. The average Bonchev–Trinajstić information content (AvgIpc) is 3.30. The van der Waals surface area contributed by atoms with E-state index in [0.717, 1.165) is 46.7 Å². The number of nitrogens with zero attached hydrogens (tertiary/aromatic N) is 2. The highest BCUT2D eigenvalue weighted by Gasteiger charge is 2.33. The highest BCUT2D eigenvalue weighted by atomic mass is 32.1. The first kappa shape index (κ1) is 22.4. The number of fused-ring (bicyclic) bond motifs is 2. The van der Waals surface area contributed by atoms with Gasteiger partial charge < -0.3 is 14.4 Å². The second-order valence-electron chi connectivity index (χ2n) is 8.49. The first-order chi connectivity index (χ1) is 16.7. The van der Waals surface area contributed by atoms with Crippen molar-refractivity contribution in [2.45, 2.75) is 31.7 Å². The van der Waals surface area contributed by atoms with Crippen LogP contribution >= 0.6 is 11.3 Å². The van der Waals surface area contributed by atoms with Gasteiger partial charge in [0.15, 0.2) is 11.5 Å². The van der Waals surface area contributed by atoms with E-state index in [4.69, 9.17) is 14.5 Å². The number of para-hydroxylation sites is 1. The third-order valence-electron chi connectivity index (χ3n) is 6.43. The fourth-order valence-corrected chi connectivity index (χ4v) is 5.78. The Morgan fingerprint density at radius 3 is 2.53 bits per heavy atom. The average molecular weight is 473 g/mol. The maximum absolute atomic E-state index is 13.5. The highest BCUT2D eigenvalue weighted by molar-refractivity contribution is 7.18. The summed E-state index contributed by atoms with van der Waals surface area (Å²) in [5.74, 6) is 1.59. The Balaban J connectivity index is 1.38. The van der Waals surface area contributed by atoms with Crippen molar-refractivity contribution in [3.8, 4) is 11.5 Å². The van der Waals surface area contributed by atoms with Crippen molar-refractivity contribution in [3.05, 3.63) is 88.4 Å². The molecule has 0 saturated heterocycles. The highest BCUT2D eigenvalue weighted by Crippen LogP contribution is 2.41. The minimum Gasteiger partial charge on any atom is -0.493 e. The van der Waals surface area contributed by atoms with Gasteiger partial charge in [-0.1, -0.05) is 42.5 Å². The van der Waals surface area contributed by atoms with Gasteiger partial charge in [-0.2, -0.15) is 0 Å². The normalized spacial score (nSPS) is 15.2. The number of aryl methyl sites for hydroxylation is 1. The van der Waals surface area contributed by atoms with Crippen LogP contribution in [-0.2, 0) is 17.6 Å². The molecule has 2 heterocycles. The van der Waals surface area contributed by atoms with Gasteiger partial charge in [0.2, 0.25) is 5.91 Å². The first-order valence-electron chi connectivity index (χ1n) is 11.6. The molecule has 5 rings (SSSR count). The van der Waals surface area contributed by atoms with Crippen LogP contribution in [0.25, 0.3) is 10.2 Å². The molecule has 1 amide bonds. The Hall–Kier alpha value is -3.38. The van der Waals surface area contributed by atoms with Gasteiger partial charge in [0.25, 0.3) is 0 Å². The van der Waals surface area contributed by atoms with Crippen molar-refractivity contribution < 1.29 is 14.3 Å². The van der Waals surface area contributed by atoms with Crippen molar-refractivity contribution in [1.82, 2.24) is 9.88 Å². The number of aromatic nitrogens is 1. The third-order valence-corrected chi connectivity index (χ3v) is 7.52. The van der Waals surface area contributed by atoms with E-state index >= 15 is 0 Å². The first-order valence-corrected chi connectivity index (χ1v) is 12.4. The number of thiazole rings is 1. The van der Waals surface area contributed by atoms with E-state index in [1.54, 1.807) is 25.6 Å². The molecule has 1 aliphatic heterocycles. The van der Waals surface area contributed by atoms with Gasteiger partial charge >= 0.3 is 0 Å². The largest absolute Gasteiger partial charge is 0.493 e. The van der Waals surface area contributed by atoms with Gasteiger partial charge in [0.05, 0.1) is 35.5 Å². The molecular formula is C28H28N2O3S. The summed E-state index contributed by atoms with van der Waals surface area (Å²) in [6.07, 6.45) is 2.90. The molecule has 3 aromatic carbocycles. The molecule has 0 bridgehead atoms. The minimum absolute atomic E-state index is 0.139. The predicted octanol–water partition coefficient (Wildman–Crippen LogP) is 5.81. The van der Waals surface area contributed by atoms with Crippen LogP contribution in [0, 0.1) is 0 Å². The van der Waals surface area contributed by atoms with Crippen molar-refractivity contribution >= 4 is 27.5 Å². The number of carbonyl (C=O) groups is 1. The Labute approximate surface area is 204 Å². The molecule has 1 aliphatic rings. The molecule has 0 N–H and O–H groups in total. The SMILES string of the molecule is COc1cc2c(cc1OC)C(c1ccccc1)N(C(=O)CCCc1nc3ccccc3s1)CC2. The van der Waals surface area contributed by atoms with Gasteiger partial charge in [-0.25, -0.2) is 4.98 Å². The second-order valence-corrected chi connectivity index (χ2v) is 9.60. The lowest BCUT2D eigenvalue weighted by atomic mass is 9.87. The van der Waals surface area contributed by atoms with Crippen LogP contribution < -0.4 is 9.47 Å². The molecule has 0 fully saturated rings. The molecule has 5 nitrogen and oxygen atoms in total. The number of rotatable bonds is 7. The number of ether oxygens (including phenoxy) is 2. The van der Waals surface area contributed by atoms with Crippen molar-refractivity contribution in [2.24, 2.45) is 0 Å². The zero-order chi connectivity index (χ0) is 23.5. The van der Waals surface area contributed by atoms with Gasteiger partial charge in [-0.15, -0.1) is 11.3 Å². The van der Waals surface area contributed by atoms with Crippen molar-refractivity contribution in [2.75, 3.05) is 20.8 Å². The summed E-state index contributed by atoms with van der Waals surface area (Å²) in [5, 5.41) is 1.09. The van der Waals surface area contributed by atoms with Crippen molar-refractivity contribution in [3.63, 3.8) is 0 Å². The molecule has 6 heteroatoms. The monoisotopic (exact) mass is 472 g/mol. The van der Waals surface area contributed by atoms with E-state index in [1.807, 2.05) is 47.4 Å². The van der Waals surface area contributed by atoms with E-state index in [1.165, 1.54) is 10.3 Å². The summed E-state index contributed by atoms with van der Waals surface area (Å²) in [6.45, 7) is 0.683. The number of carbonyl (C=O) groups excluding carboxylic acids is 1. The van der Waals surface area contributed by atoms with Crippen LogP contribution in [0.2, 0.25) is 0 Å². The topological polar surface area (TPSA) is 51.7 Å². The molecule has 1 unspecified atom stereocenters. The summed E-state index contributed by atoms with van der Waals surface area (Å²) in [4.78, 5) is 20.2. The van der Waals surface area contributed by atoms with Crippen LogP contribution in [0.15, 0.2) is 66.7 Å². The maximum Gasteiger partial charge on any atom is 0.223 e. The van der Waals surface area contributed by atoms with Crippen LogP contribution in [0.3, 0.4) is 0 Å². The molecular weight excluding hydrogens is 444 g/mol. The number of benzene rings is 3. The van der Waals surface area contributed by atoms with Crippen LogP contribution in [0.4, 0.5) is 0 Å². The maximum atomic E-state index is 13.5.